The second-order valence-corrected chi connectivity index (χ2v) is 6.57. The summed E-state index contributed by atoms with van der Waals surface area (Å²) in [5, 5.41) is 0. The molecule has 3 rings (SSSR count). The summed E-state index contributed by atoms with van der Waals surface area (Å²) in [4.78, 5) is 0. The minimum absolute atomic E-state index is 0.198. The largest absolute Gasteiger partial charge is 0.458 e. The van der Waals surface area contributed by atoms with Gasteiger partial charge in [0, 0.05) is 5.56 Å². The van der Waals surface area contributed by atoms with E-state index in [4.69, 9.17) is 4.74 Å². The van der Waals surface area contributed by atoms with Crippen LogP contribution in [0.15, 0.2) is 66.7 Å². The Bertz CT molecular complexity index is 972. The van der Waals surface area contributed by atoms with Gasteiger partial charge in [-0.25, -0.2) is 0 Å². The lowest BCUT2D eigenvalue weighted by Crippen LogP contribution is -2.34. The molecule has 1 nitrogen and oxygen atoms in total. The Morgan fingerprint density at radius 1 is 0.679 bits per heavy atom. The van der Waals surface area contributed by atoms with Crippen molar-refractivity contribution in [2.75, 3.05) is 0 Å². The molecular weight excluding hydrogens is 375 g/mol. The standard InChI is InChI=1S/C22H17F5O/c1-14-10-15(2)12-18(11-14)28-17-7-5-6-16(13-17)19-8-3-4-9-20(19)21(23,24)22(25,26)27/h3-13H,1-2H3. The Balaban J connectivity index is 2.02. The van der Waals surface area contributed by atoms with Gasteiger partial charge in [0.25, 0.3) is 0 Å². The first-order chi connectivity index (χ1) is 13.1. The molecule has 0 aliphatic carbocycles. The molecule has 0 aliphatic rings. The van der Waals surface area contributed by atoms with Crippen LogP contribution in [0.25, 0.3) is 11.1 Å². The molecule has 0 fully saturated rings. The van der Waals surface area contributed by atoms with Gasteiger partial charge in [-0.3, -0.25) is 0 Å². The SMILES string of the molecule is Cc1cc(C)cc(Oc2cccc(-c3ccccc3C(F)(F)C(F)(F)F)c2)c1. The van der Waals surface area contributed by atoms with E-state index in [1.54, 1.807) is 12.1 Å². The van der Waals surface area contributed by atoms with E-state index in [2.05, 4.69) is 0 Å². The first kappa shape index (κ1) is 19.9. The molecule has 0 spiro atoms. The van der Waals surface area contributed by atoms with Gasteiger partial charge in [0.2, 0.25) is 0 Å². The first-order valence-corrected chi connectivity index (χ1v) is 8.48. The van der Waals surface area contributed by atoms with Crippen molar-refractivity contribution >= 4 is 0 Å². The van der Waals surface area contributed by atoms with Crippen molar-refractivity contribution in [1.82, 2.24) is 0 Å². The lowest BCUT2D eigenvalue weighted by molar-refractivity contribution is -0.289. The van der Waals surface area contributed by atoms with Crippen LogP contribution < -0.4 is 4.74 Å². The molecule has 0 unspecified atom stereocenters. The summed E-state index contributed by atoms with van der Waals surface area (Å²) in [6, 6.07) is 16.3. The quantitative estimate of drug-likeness (QED) is 0.420. The molecule has 0 atom stereocenters. The van der Waals surface area contributed by atoms with E-state index in [0.29, 0.717) is 11.5 Å². The molecule has 0 saturated heterocycles. The molecular formula is C22H17F5O. The predicted molar refractivity (Wildman–Crippen MR) is 97.8 cm³/mol. The van der Waals surface area contributed by atoms with Gasteiger partial charge in [-0.1, -0.05) is 42.5 Å². The highest BCUT2D eigenvalue weighted by Crippen LogP contribution is 2.47. The van der Waals surface area contributed by atoms with Gasteiger partial charge in [-0.15, -0.1) is 0 Å². The summed E-state index contributed by atoms with van der Waals surface area (Å²) in [5.41, 5.74) is 0.894. The van der Waals surface area contributed by atoms with E-state index < -0.39 is 17.7 Å². The minimum Gasteiger partial charge on any atom is -0.457 e. The van der Waals surface area contributed by atoms with Crippen LogP contribution in [0, 0.1) is 13.8 Å². The van der Waals surface area contributed by atoms with E-state index in [0.717, 1.165) is 23.3 Å². The highest BCUT2D eigenvalue weighted by atomic mass is 19.4. The van der Waals surface area contributed by atoms with E-state index in [1.807, 2.05) is 32.0 Å². The number of hydrogen-bond acceptors (Lipinski definition) is 1. The van der Waals surface area contributed by atoms with Crippen LogP contribution in [0.4, 0.5) is 22.0 Å². The van der Waals surface area contributed by atoms with Crippen molar-refractivity contribution < 1.29 is 26.7 Å². The highest BCUT2D eigenvalue weighted by molar-refractivity contribution is 5.70. The summed E-state index contributed by atoms with van der Waals surface area (Å²) in [5.74, 6) is -4.06. The Labute approximate surface area is 159 Å². The third kappa shape index (κ3) is 4.01. The molecule has 0 heterocycles. The molecule has 3 aromatic carbocycles. The maximum absolute atomic E-state index is 14.0. The fourth-order valence-corrected chi connectivity index (χ4v) is 3.02. The molecule has 28 heavy (non-hydrogen) atoms. The van der Waals surface area contributed by atoms with Gasteiger partial charge in [0.15, 0.2) is 0 Å². The van der Waals surface area contributed by atoms with Crippen LogP contribution in [0.2, 0.25) is 0 Å². The van der Waals surface area contributed by atoms with E-state index >= 15 is 0 Å². The van der Waals surface area contributed by atoms with Gasteiger partial charge in [0.05, 0.1) is 0 Å². The number of alkyl halides is 5. The van der Waals surface area contributed by atoms with Crippen molar-refractivity contribution in [3.05, 3.63) is 83.4 Å². The zero-order chi connectivity index (χ0) is 20.5. The number of benzene rings is 3. The number of hydrogen-bond donors (Lipinski definition) is 0. The number of halogens is 5. The van der Waals surface area contributed by atoms with Gasteiger partial charge in [-0.2, -0.15) is 22.0 Å². The molecule has 0 radical (unpaired) electrons. The Hall–Kier alpha value is -2.89. The molecule has 0 aromatic heterocycles. The molecule has 0 bridgehead atoms. The zero-order valence-electron chi connectivity index (χ0n) is 15.1. The molecule has 3 aromatic rings. The molecule has 6 heteroatoms. The maximum Gasteiger partial charge on any atom is 0.458 e. The monoisotopic (exact) mass is 392 g/mol. The smallest absolute Gasteiger partial charge is 0.457 e. The van der Waals surface area contributed by atoms with Crippen molar-refractivity contribution in [2.45, 2.75) is 25.9 Å². The van der Waals surface area contributed by atoms with Crippen LogP contribution >= 0.6 is 0 Å². The Morgan fingerprint density at radius 3 is 1.96 bits per heavy atom. The van der Waals surface area contributed by atoms with Crippen molar-refractivity contribution in [3.63, 3.8) is 0 Å². The highest BCUT2D eigenvalue weighted by Gasteiger charge is 2.59. The van der Waals surface area contributed by atoms with Crippen molar-refractivity contribution in [1.29, 1.82) is 0 Å². The van der Waals surface area contributed by atoms with E-state index in [9.17, 15) is 22.0 Å². The minimum atomic E-state index is -5.68. The average molecular weight is 392 g/mol. The van der Waals surface area contributed by atoms with Crippen LogP contribution in [-0.2, 0) is 5.92 Å². The van der Waals surface area contributed by atoms with Crippen LogP contribution in [0.3, 0.4) is 0 Å². The van der Waals surface area contributed by atoms with Crippen LogP contribution in [0.5, 0.6) is 11.5 Å². The lowest BCUT2D eigenvalue weighted by Gasteiger charge is -2.22. The maximum atomic E-state index is 14.0. The fraction of sp³-hybridized carbons (Fsp3) is 0.182. The van der Waals surface area contributed by atoms with Gasteiger partial charge < -0.3 is 4.74 Å². The number of ether oxygens (including phenoxy) is 1. The average Bonchev–Trinajstić information content (AvgIpc) is 2.60. The first-order valence-electron chi connectivity index (χ1n) is 8.48. The van der Waals surface area contributed by atoms with E-state index in [-0.39, 0.29) is 11.1 Å². The summed E-state index contributed by atoms with van der Waals surface area (Å²) in [7, 11) is 0. The second kappa shape index (κ2) is 7.26. The third-order valence-electron chi connectivity index (χ3n) is 4.20. The molecule has 0 saturated carbocycles. The zero-order valence-corrected chi connectivity index (χ0v) is 15.1. The van der Waals surface area contributed by atoms with Gasteiger partial charge >= 0.3 is 12.1 Å². The molecule has 0 N–H and O–H groups in total. The number of aryl methyl sites for hydroxylation is 2. The summed E-state index contributed by atoms with van der Waals surface area (Å²) < 4.78 is 72.4. The predicted octanol–water partition coefficient (Wildman–Crippen LogP) is 7.42. The summed E-state index contributed by atoms with van der Waals surface area (Å²) >= 11 is 0. The number of rotatable bonds is 4. The summed E-state index contributed by atoms with van der Waals surface area (Å²) in [6.07, 6.45) is -5.68. The Kier molecular flexibility index (Phi) is 5.15. The van der Waals surface area contributed by atoms with Crippen molar-refractivity contribution in [3.8, 4) is 22.6 Å². The summed E-state index contributed by atoms with van der Waals surface area (Å²) in [6.45, 7) is 3.82. The molecule has 146 valence electrons. The van der Waals surface area contributed by atoms with Gasteiger partial charge in [-0.05, 0) is 60.4 Å². The molecule has 0 aliphatic heterocycles. The third-order valence-corrected chi connectivity index (χ3v) is 4.20. The fourth-order valence-electron chi connectivity index (χ4n) is 3.02. The molecule has 0 amide bonds. The van der Waals surface area contributed by atoms with Crippen molar-refractivity contribution in [2.24, 2.45) is 0 Å². The van der Waals surface area contributed by atoms with Crippen LogP contribution in [-0.4, -0.2) is 6.18 Å². The van der Waals surface area contributed by atoms with E-state index in [1.165, 1.54) is 24.3 Å². The van der Waals surface area contributed by atoms with Crippen LogP contribution in [0.1, 0.15) is 16.7 Å². The topological polar surface area (TPSA) is 9.23 Å². The normalized spacial score (nSPS) is 12.1. The lowest BCUT2D eigenvalue weighted by atomic mass is 9.95. The second-order valence-electron chi connectivity index (χ2n) is 6.57. The van der Waals surface area contributed by atoms with Gasteiger partial charge in [0.1, 0.15) is 11.5 Å². The Morgan fingerprint density at radius 2 is 1.32 bits per heavy atom.